The van der Waals surface area contributed by atoms with Gasteiger partial charge in [-0.2, -0.15) is 0 Å². The summed E-state index contributed by atoms with van der Waals surface area (Å²) >= 11 is 0. The molecule has 1 aromatic rings. The number of hydrogen-bond donors (Lipinski definition) is 1. The van der Waals surface area contributed by atoms with E-state index in [1.54, 1.807) is 0 Å². The molecular weight excluding hydrogens is 191 g/mol. The smallest absolute Gasteiger partial charge is 0.123 e. The number of benzene rings is 1. The summed E-state index contributed by atoms with van der Waals surface area (Å²) in [6.07, 6.45) is 2.29. The molecule has 1 fully saturated rings. The van der Waals surface area contributed by atoms with Crippen LogP contribution >= 0.6 is 0 Å². The number of rotatable bonds is 2. The minimum absolute atomic E-state index is 0.172. The van der Waals surface area contributed by atoms with Gasteiger partial charge in [0.1, 0.15) is 5.82 Å². The summed E-state index contributed by atoms with van der Waals surface area (Å²) in [4.78, 5) is 2.33. The molecule has 1 atom stereocenters. The number of likely N-dealkylation sites (tertiary alicyclic amines) is 1. The molecule has 2 rings (SSSR count). The Morgan fingerprint density at radius 2 is 2.07 bits per heavy atom. The van der Waals surface area contributed by atoms with Gasteiger partial charge in [-0.15, -0.1) is 0 Å². The number of hydrogen-bond acceptors (Lipinski definition) is 2. The minimum atomic E-state index is -0.172. The Morgan fingerprint density at radius 3 is 2.73 bits per heavy atom. The van der Waals surface area contributed by atoms with Crippen molar-refractivity contribution in [3.63, 3.8) is 0 Å². The maximum absolute atomic E-state index is 12.7. The van der Waals surface area contributed by atoms with Crippen LogP contribution in [0.4, 0.5) is 4.39 Å². The van der Waals surface area contributed by atoms with Gasteiger partial charge in [-0.05, 0) is 37.1 Å². The SMILES string of the molecule is N[C@H]1CCCN(Cc2ccc(F)cc2)C1. The Morgan fingerprint density at radius 1 is 1.33 bits per heavy atom. The van der Waals surface area contributed by atoms with Gasteiger partial charge in [-0.1, -0.05) is 12.1 Å². The molecule has 2 nitrogen and oxygen atoms in total. The summed E-state index contributed by atoms with van der Waals surface area (Å²) in [7, 11) is 0. The van der Waals surface area contributed by atoms with E-state index in [1.165, 1.54) is 18.6 Å². The van der Waals surface area contributed by atoms with Gasteiger partial charge in [0.25, 0.3) is 0 Å². The van der Waals surface area contributed by atoms with Crippen LogP contribution in [0.25, 0.3) is 0 Å². The van der Waals surface area contributed by atoms with Crippen molar-refractivity contribution in [2.24, 2.45) is 5.73 Å². The Bertz CT molecular complexity index is 310. The number of nitrogens with two attached hydrogens (primary N) is 1. The first-order valence-electron chi connectivity index (χ1n) is 5.46. The van der Waals surface area contributed by atoms with Crippen LogP contribution in [-0.2, 0) is 6.54 Å². The lowest BCUT2D eigenvalue weighted by Crippen LogP contribution is -2.42. The van der Waals surface area contributed by atoms with E-state index >= 15 is 0 Å². The highest BCUT2D eigenvalue weighted by atomic mass is 19.1. The van der Waals surface area contributed by atoms with Crippen molar-refractivity contribution in [1.29, 1.82) is 0 Å². The second kappa shape index (κ2) is 4.73. The van der Waals surface area contributed by atoms with Crippen molar-refractivity contribution in [3.05, 3.63) is 35.6 Å². The summed E-state index contributed by atoms with van der Waals surface area (Å²) in [5, 5.41) is 0. The van der Waals surface area contributed by atoms with Gasteiger partial charge in [0.05, 0.1) is 0 Å². The van der Waals surface area contributed by atoms with Crippen LogP contribution in [0.3, 0.4) is 0 Å². The number of nitrogens with zero attached hydrogens (tertiary/aromatic N) is 1. The molecule has 15 heavy (non-hydrogen) atoms. The number of piperidine rings is 1. The highest BCUT2D eigenvalue weighted by Gasteiger charge is 2.16. The molecule has 0 saturated carbocycles. The summed E-state index contributed by atoms with van der Waals surface area (Å²) < 4.78 is 12.7. The van der Waals surface area contributed by atoms with Crippen molar-refractivity contribution in [1.82, 2.24) is 4.90 Å². The quantitative estimate of drug-likeness (QED) is 0.802. The summed E-state index contributed by atoms with van der Waals surface area (Å²) in [5.74, 6) is -0.172. The Kier molecular flexibility index (Phi) is 3.34. The summed E-state index contributed by atoms with van der Waals surface area (Å²) in [6.45, 7) is 2.94. The van der Waals surface area contributed by atoms with Gasteiger partial charge < -0.3 is 5.73 Å². The van der Waals surface area contributed by atoms with Gasteiger partial charge in [0.15, 0.2) is 0 Å². The van der Waals surface area contributed by atoms with Crippen molar-refractivity contribution in [2.45, 2.75) is 25.4 Å². The predicted molar refractivity (Wildman–Crippen MR) is 58.9 cm³/mol. The Labute approximate surface area is 89.9 Å². The van der Waals surface area contributed by atoms with E-state index < -0.39 is 0 Å². The summed E-state index contributed by atoms with van der Waals surface area (Å²) in [5.41, 5.74) is 7.06. The molecular formula is C12H17FN2. The average Bonchev–Trinajstić information content (AvgIpc) is 2.22. The van der Waals surface area contributed by atoms with Gasteiger partial charge >= 0.3 is 0 Å². The highest BCUT2D eigenvalue weighted by Crippen LogP contribution is 2.12. The van der Waals surface area contributed by atoms with E-state index in [4.69, 9.17) is 5.73 Å². The zero-order chi connectivity index (χ0) is 10.7. The monoisotopic (exact) mass is 208 g/mol. The fourth-order valence-electron chi connectivity index (χ4n) is 2.08. The first kappa shape index (κ1) is 10.6. The maximum Gasteiger partial charge on any atom is 0.123 e. The lowest BCUT2D eigenvalue weighted by atomic mass is 10.1. The fourth-order valence-corrected chi connectivity index (χ4v) is 2.08. The lowest BCUT2D eigenvalue weighted by Gasteiger charge is -2.30. The predicted octanol–water partition coefficient (Wildman–Crippen LogP) is 1.75. The van der Waals surface area contributed by atoms with Crippen LogP contribution in [0.1, 0.15) is 18.4 Å². The van der Waals surface area contributed by atoms with Gasteiger partial charge in [-0.25, -0.2) is 4.39 Å². The molecule has 0 aliphatic carbocycles. The van der Waals surface area contributed by atoms with Crippen LogP contribution in [0.2, 0.25) is 0 Å². The molecule has 3 heteroatoms. The zero-order valence-corrected chi connectivity index (χ0v) is 8.82. The van der Waals surface area contributed by atoms with Crippen LogP contribution in [0.15, 0.2) is 24.3 Å². The molecule has 0 amide bonds. The van der Waals surface area contributed by atoms with Crippen LogP contribution in [-0.4, -0.2) is 24.0 Å². The first-order valence-corrected chi connectivity index (χ1v) is 5.46. The molecule has 1 saturated heterocycles. The fraction of sp³-hybridized carbons (Fsp3) is 0.500. The minimum Gasteiger partial charge on any atom is -0.327 e. The second-order valence-electron chi connectivity index (χ2n) is 4.26. The van der Waals surface area contributed by atoms with Gasteiger partial charge in [-0.3, -0.25) is 4.90 Å². The molecule has 0 spiro atoms. The highest BCUT2D eigenvalue weighted by molar-refractivity contribution is 5.15. The largest absolute Gasteiger partial charge is 0.327 e. The molecule has 2 N–H and O–H groups in total. The molecule has 0 radical (unpaired) electrons. The van der Waals surface area contributed by atoms with Crippen molar-refractivity contribution >= 4 is 0 Å². The lowest BCUT2D eigenvalue weighted by molar-refractivity contribution is 0.201. The topological polar surface area (TPSA) is 29.3 Å². The first-order chi connectivity index (χ1) is 7.24. The molecule has 1 aliphatic rings. The van der Waals surface area contributed by atoms with E-state index in [2.05, 4.69) is 4.90 Å². The number of halogens is 1. The zero-order valence-electron chi connectivity index (χ0n) is 8.82. The molecule has 1 aliphatic heterocycles. The van der Waals surface area contributed by atoms with E-state index in [0.29, 0.717) is 6.04 Å². The third kappa shape index (κ3) is 3.01. The van der Waals surface area contributed by atoms with Crippen LogP contribution < -0.4 is 5.73 Å². The van der Waals surface area contributed by atoms with Crippen LogP contribution in [0, 0.1) is 5.82 Å². The Balaban J connectivity index is 1.93. The van der Waals surface area contributed by atoms with E-state index in [0.717, 1.165) is 31.6 Å². The molecule has 82 valence electrons. The van der Waals surface area contributed by atoms with E-state index in [1.807, 2.05) is 12.1 Å². The normalized spacial score (nSPS) is 22.9. The molecule has 0 aromatic heterocycles. The molecule has 1 heterocycles. The standard InChI is InChI=1S/C12H17FN2/c13-11-5-3-10(4-6-11)8-15-7-1-2-12(14)9-15/h3-6,12H,1-2,7-9,14H2/t12-/m0/s1. The third-order valence-electron chi connectivity index (χ3n) is 2.86. The van der Waals surface area contributed by atoms with Gasteiger partial charge in [0, 0.05) is 19.1 Å². The summed E-state index contributed by atoms with van der Waals surface area (Å²) in [6, 6.07) is 7.02. The van der Waals surface area contributed by atoms with E-state index in [9.17, 15) is 4.39 Å². The molecule has 0 unspecified atom stereocenters. The molecule has 0 bridgehead atoms. The van der Waals surface area contributed by atoms with Crippen molar-refractivity contribution in [2.75, 3.05) is 13.1 Å². The van der Waals surface area contributed by atoms with Crippen LogP contribution in [0.5, 0.6) is 0 Å². The average molecular weight is 208 g/mol. The van der Waals surface area contributed by atoms with Crippen molar-refractivity contribution in [3.8, 4) is 0 Å². The van der Waals surface area contributed by atoms with Crippen molar-refractivity contribution < 1.29 is 4.39 Å². The maximum atomic E-state index is 12.7. The molecule has 1 aromatic carbocycles. The van der Waals surface area contributed by atoms with E-state index in [-0.39, 0.29) is 5.82 Å². The van der Waals surface area contributed by atoms with Gasteiger partial charge in [0.2, 0.25) is 0 Å². The Hall–Kier alpha value is -0.930. The second-order valence-corrected chi connectivity index (χ2v) is 4.26. The third-order valence-corrected chi connectivity index (χ3v) is 2.86.